The van der Waals surface area contributed by atoms with Crippen molar-refractivity contribution in [3.63, 3.8) is 0 Å². The van der Waals surface area contributed by atoms with Crippen LogP contribution in [0.1, 0.15) is 53.5 Å². The van der Waals surface area contributed by atoms with Gasteiger partial charge >= 0.3 is 0 Å². The normalized spacial score (nSPS) is 22.6. The standard InChI is InChI=1S/C20H21ClN3O2S/c21-14-5-3-4-13(10-14)17-16(24-18(27-17)12-6-7-12)15(25)11-20(19(22)26)8-1-2-9-23-20/h3-5,10-12,23H,1-2,6-9H2,(H2,22,26). The van der Waals surface area contributed by atoms with Gasteiger partial charge in [-0.05, 0) is 56.3 Å². The third-order valence-electron chi connectivity index (χ3n) is 5.15. The van der Waals surface area contributed by atoms with E-state index in [2.05, 4.69) is 10.3 Å². The van der Waals surface area contributed by atoms with Crippen LogP contribution >= 0.6 is 22.9 Å². The number of Topliss-reactive ketones (excluding diaryl/α,β-unsaturated/α-hetero) is 1. The molecule has 2 aliphatic rings. The van der Waals surface area contributed by atoms with Crippen LogP contribution in [0.4, 0.5) is 0 Å². The number of carbonyl (C=O) groups is 2. The predicted octanol–water partition coefficient (Wildman–Crippen LogP) is 3.73. The van der Waals surface area contributed by atoms with Crippen LogP contribution in [0.25, 0.3) is 10.4 Å². The maximum absolute atomic E-state index is 13.2. The first-order valence-corrected chi connectivity index (χ1v) is 10.4. The molecule has 1 aromatic carbocycles. The molecule has 3 N–H and O–H groups in total. The number of halogens is 1. The topological polar surface area (TPSA) is 85.1 Å². The zero-order chi connectivity index (χ0) is 19.0. The number of hydrogen-bond donors (Lipinski definition) is 2. The van der Waals surface area contributed by atoms with Crippen LogP contribution < -0.4 is 11.1 Å². The second kappa shape index (κ2) is 7.34. The Hall–Kier alpha value is -1.76. The van der Waals surface area contributed by atoms with E-state index in [0.717, 1.165) is 41.1 Å². The molecule has 5 nitrogen and oxygen atoms in total. The van der Waals surface area contributed by atoms with Gasteiger partial charge in [0.2, 0.25) is 5.91 Å². The Bertz CT molecular complexity index is 885. The molecule has 1 aromatic heterocycles. The molecule has 1 saturated carbocycles. The number of aromatic nitrogens is 1. The van der Waals surface area contributed by atoms with Gasteiger partial charge in [-0.2, -0.15) is 0 Å². The number of nitrogens with zero attached hydrogens (tertiary/aromatic N) is 1. The summed E-state index contributed by atoms with van der Waals surface area (Å²) in [5.41, 5.74) is 5.80. The Kier molecular flexibility index (Phi) is 5.05. The van der Waals surface area contributed by atoms with Crippen LogP contribution in [0.15, 0.2) is 24.3 Å². The number of nitrogens with two attached hydrogens (primary N) is 1. The van der Waals surface area contributed by atoms with Gasteiger partial charge in [0.25, 0.3) is 0 Å². The smallest absolute Gasteiger partial charge is 0.238 e. The summed E-state index contributed by atoms with van der Waals surface area (Å²) in [5.74, 6) is -0.341. The van der Waals surface area contributed by atoms with Crippen molar-refractivity contribution in [1.82, 2.24) is 10.3 Å². The van der Waals surface area contributed by atoms with Gasteiger partial charge in [0.1, 0.15) is 11.2 Å². The molecule has 1 atom stereocenters. The largest absolute Gasteiger partial charge is 0.368 e. The number of piperidine rings is 1. The molecule has 1 aliphatic carbocycles. The van der Waals surface area contributed by atoms with E-state index in [-0.39, 0.29) is 5.78 Å². The summed E-state index contributed by atoms with van der Waals surface area (Å²) in [5, 5.41) is 4.73. The average Bonchev–Trinajstić information content (AvgIpc) is 3.40. The quantitative estimate of drug-likeness (QED) is 0.721. The van der Waals surface area contributed by atoms with Gasteiger partial charge in [0.15, 0.2) is 5.78 Å². The highest BCUT2D eigenvalue weighted by molar-refractivity contribution is 7.15. The Morgan fingerprint density at radius 3 is 2.78 bits per heavy atom. The van der Waals surface area contributed by atoms with Crippen LogP contribution in [0.2, 0.25) is 5.02 Å². The first-order valence-electron chi connectivity index (χ1n) is 9.20. The molecule has 2 fully saturated rings. The monoisotopic (exact) mass is 402 g/mol. The van der Waals surface area contributed by atoms with E-state index >= 15 is 0 Å². The number of nitrogens with one attached hydrogen (secondary N) is 1. The van der Waals surface area contributed by atoms with Gasteiger partial charge in [-0.25, -0.2) is 4.98 Å². The maximum Gasteiger partial charge on any atom is 0.238 e. The lowest BCUT2D eigenvalue weighted by molar-refractivity contribution is -0.123. The molecular formula is C20H21ClN3O2S. The minimum absolute atomic E-state index is 0.263. The van der Waals surface area contributed by atoms with Crippen molar-refractivity contribution >= 4 is 34.6 Å². The Labute approximate surface area is 167 Å². The van der Waals surface area contributed by atoms with E-state index in [1.807, 2.05) is 18.2 Å². The molecule has 1 radical (unpaired) electrons. The highest BCUT2D eigenvalue weighted by atomic mass is 35.5. The molecule has 0 bridgehead atoms. The van der Waals surface area contributed by atoms with Gasteiger partial charge in [-0.15, -0.1) is 11.3 Å². The molecule has 1 saturated heterocycles. The van der Waals surface area contributed by atoms with Crippen molar-refractivity contribution in [2.75, 3.05) is 6.54 Å². The zero-order valence-corrected chi connectivity index (χ0v) is 16.4. The lowest BCUT2D eigenvalue weighted by Crippen LogP contribution is -2.59. The van der Waals surface area contributed by atoms with Crippen LogP contribution in [-0.2, 0) is 4.79 Å². The number of primary amides is 1. The van der Waals surface area contributed by atoms with Crippen molar-refractivity contribution in [2.45, 2.75) is 43.6 Å². The molecule has 2 heterocycles. The fraction of sp³-hybridized carbons (Fsp3) is 0.400. The first-order chi connectivity index (χ1) is 13.0. The summed E-state index contributed by atoms with van der Waals surface area (Å²) in [6, 6.07) is 7.43. The lowest BCUT2D eigenvalue weighted by Gasteiger charge is -2.34. The number of ketones is 1. The third-order valence-corrected chi connectivity index (χ3v) is 6.65. The molecular weight excluding hydrogens is 382 g/mol. The second-order valence-corrected chi connectivity index (χ2v) is 8.71. The van der Waals surface area contributed by atoms with Crippen molar-refractivity contribution in [2.24, 2.45) is 5.73 Å². The second-order valence-electron chi connectivity index (χ2n) is 7.24. The fourth-order valence-corrected chi connectivity index (χ4v) is 4.89. The minimum Gasteiger partial charge on any atom is -0.368 e. The molecule has 1 aliphatic heterocycles. The summed E-state index contributed by atoms with van der Waals surface area (Å²) in [6.07, 6.45) is 5.99. The Morgan fingerprint density at radius 1 is 1.33 bits per heavy atom. The van der Waals surface area contributed by atoms with Crippen LogP contribution in [0.3, 0.4) is 0 Å². The SMILES string of the molecule is NC(=O)C1([CH]C(=O)c2nc(C3CC3)sc2-c2cccc(Cl)c2)CCCCN1. The zero-order valence-electron chi connectivity index (χ0n) is 14.8. The Morgan fingerprint density at radius 2 is 2.15 bits per heavy atom. The van der Waals surface area contributed by atoms with Crippen molar-refractivity contribution in [1.29, 1.82) is 0 Å². The summed E-state index contributed by atoms with van der Waals surface area (Å²) in [4.78, 5) is 30.7. The molecule has 27 heavy (non-hydrogen) atoms. The molecule has 1 unspecified atom stereocenters. The molecule has 1 amide bonds. The van der Waals surface area contributed by atoms with E-state index in [0.29, 0.717) is 29.6 Å². The van der Waals surface area contributed by atoms with E-state index in [1.165, 1.54) is 6.42 Å². The molecule has 2 aromatic rings. The summed E-state index contributed by atoms with van der Waals surface area (Å²) in [6.45, 7) is 0.665. The van der Waals surface area contributed by atoms with Crippen LogP contribution in [0, 0.1) is 6.42 Å². The molecule has 0 spiro atoms. The summed E-state index contributed by atoms with van der Waals surface area (Å²) in [7, 11) is 0. The minimum atomic E-state index is -1.09. The highest BCUT2D eigenvalue weighted by Gasteiger charge is 2.41. The predicted molar refractivity (Wildman–Crippen MR) is 107 cm³/mol. The lowest BCUT2D eigenvalue weighted by atomic mass is 9.83. The van der Waals surface area contributed by atoms with Gasteiger partial charge in [-0.1, -0.05) is 23.7 Å². The molecule has 141 valence electrons. The van der Waals surface area contributed by atoms with Crippen LogP contribution in [-0.4, -0.2) is 28.8 Å². The molecule has 7 heteroatoms. The number of rotatable bonds is 6. The number of benzene rings is 1. The Balaban J connectivity index is 1.69. The first kappa shape index (κ1) is 18.6. The average molecular weight is 403 g/mol. The van der Waals surface area contributed by atoms with E-state index in [9.17, 15) is 9.59 Å². The highest BCUT2D eigenvalue weighted by Crippen LogP contribution is 2.45. The summed E-state index contributed by atoms with van der Waals surface area (Å²) >= 11 is 7.69. The fourth-order valence-electron chi connectivity index (χ4n) is 3.46. The van der Waals surface area contributed by atoms with E-state index in [4.69, 9.17) is 17.3 Å². The summed E-state index contributed by atoms with van der Waals surface area (Å²) < 4.78 is 0. The third kappa shape index (κ3) is 3.79. The number of amides is 1. The van der Waals surface area contributed by atoms with Gasteiger partial charge < -0.3 is 11.1 Å². The number of hydrogen-bond acceptors (Lipinski definition) is 5. The maximum atomic E-state index is 13.2. The van der Waals surface area contributed by atoms with Gasteiger partial charge in [0, 0.05) is 10.9 Å². The van der Waals surface area contributed by atoms with Gasteiger partial charge in [0.05, 0.1) is 16.3 Å². The molecule has 4 rings (SSSR count). The number of thiazole rings is 1. The van der Waals surface area contributed by atoms with Gasteiger partial charge in [-0.3, -0.25) is 9.59 Å². The van der Waals surface area contributed by atoms with E-state index in [1.54, 1.807) is 17.4 Å². The van der Waals surface area contributed by atoms with E-state index < -0.39 is 11.4 Å². The van der Waals surface area contributed by atoms with Crippen LogP contribution in [0.5, 0.6) is 0 Å². The van der Waals surface area contributed by atoms with Crippen molar-refractivity contribution in [3.8, 4) is 10.4 Å². The number of carbonyl (C=O) groups excluding carboxylic acids is 2. The van der Waals surface area contributed by atoms with Crippen molar-refractivity contribution < 1.29 is 9.59 Å². The van der Waals surface area contributed by atoms with Crippen molar-refractivity contribution in [3.05, 3.63) is 46.4 Å².